The molecule has 26 heavy (non-hydrogen) atoms. The lowest BCUT2D eigenvalue weighted by molar-refractivity contribution is 0.0957. The number of piperidine rings is 1. The fourth-order valence-corrected chi connectivity index (χ4v) is 3.59. The molecule has 0 unspecified atom stereocenters. The van der Waals surface area contributed by atoms with E-state index in [0.29, 0.717) is 17.5 Å². The zero-order valence-electron chi connectivity index (χ0n) is 15.3. The summed E-state index contributed by atoms with van der Waals surface area (Å²) in [5.41, 5.74) is 3.38. The van der Waals surface area contributed by atoms with Crippen molar-refractivity contribution in [3.05, 3.63) is 35.5 Å². The van der Waals surface area contributed by atoms with Crippen LogP contribution in [0.4, 0.5) is 0 Å². The normalized spacial score (nSPS) is 18.3. The summed E-state index contributed by atoms with van der Waals surface area (Å²) in [5, 5.41) is 14.7. The Bertz CT molecular complexity index is 929. The Labute approximate surface area is 152 Å². The highest BCUT2D eigenvalue weighted by Crippen LogP contribution is 2.32. The molecule has 1 aliphatic heterocycles. The van der Waals surface area contributed by atoms with Crippen LogP contribution in [-0.2, 0) is 0 Å². The molecule has 1 aliphatic rings. The first-order chi connectivity index (χ1) is 12.5. The number of nitrogens with zero attached hydrogens (tertiary/aromatic N) is 5. The number of hydrogen-bond acceptors (Lipinski definition) is 6. The van der Waals surface area contributed by atoms with Crippen molar-refractivity contribution in [2.45, 2.75) is 32.8 Å². The number of ether oxygens (including phenoxy) is 1. The molecule has 1 aromatic carbocycles. The highest BCUT2D eigenvalue weighted by molar-refractivity contribution is 5.71. The van der Waals surface area contributed by atoms with E-state index in [1.807, 2.05) is 26.0 Å². The largest absolute Gasteiger partial charge is 0.507 e. The van der Waals surface area contributed by atoms with Gasteiger partial charge in [0, 0.05) is 18.3 Å². The average Bonchev–Trinajstić information content (AvgIpc) is 2.95. The summed E-state index contributed by atoms with van der Waals surface area (Å²) in [4.78, 5) is 11.2. The smallest absolute Gasteiger partial charge is 0.338 e. The Kier molecular flexibility index (Phi) is 4.24. The van der Waals surface area contributed by atoms with Crippen LogP contribution >= 0.6 is 0 Å². The van der Waals surface area contributed by atoms with Gasteiger partial charge in [0.25, 0.3) is 5.78 Å². The maximum atomic E-state index is 10.3. The molecule has 0 radical (unpaired) electrons. The number of rotatable bonds is 3. The molecule has 0 bridgehead atoms. The van der Waals surface area contributed by atoms with E-state index in [4.69, 9.17) is 4.74 Å². The number of hydrogen-bond donors (Lipinski definition) is 1. The van der Waals surface area contributed by atoms with Crippen molar-refractivity contribution in [1.29, 1.82) is 0 Å². The molecule has 0 spiro atoms. The first-order valence-corrected chi connectivity index (χ1v) is 8.89. The lowest BCUT2D eigenvalue weighted by Gasteiger charge is -2.28. The van der Waals surface area contributed by atoms with Crippen molar-refractivity contribution in [2.24, 2.45) is 0 Å². The Hall–Kier alpha value is -2.67. The van der Waals surface area contributed by atoms with Gasteiger partial charge in [-0.15, -0.1) is 5.10 Å². The summed E-state index contributed by atoms with van der Waals surface area (Å²) in [6.07, 6.45) is 4.02. The van der Waals surface area contributed by atoms with Crippen LogP contribution in [0.25, 0.3) is 17.0 Å². The molecule has 7 nitrogen and oxygen atoms in total. The third kappa shape index (κ3) is 3.22. The van der Waals surface area contributed by atoms with Crippen LogP contribution in [0.1, 0.15) is 24.0 Å². The van der Waals surface area contributed by atoms with Gasteiger partial charge in [0.2, 0.25) is 0 Å². The molecule has 4 rings (SSSR count). The number of likely N-dealkylation sites (tertiary alicyclic amines) is 1. The van der Waals surface area contributed by atoms with Crippen molar-refractivity contribution in [2.75, 3.05) is 20.1 Å². The number of phenols is 1. The van der Waals surface area contributed by atoms with E-state index in [2.05, 4.69) is 27.0 Å². The molecule has 7 heteroatoms. The van der Waals surface area contributed by atoms with Gasteiger partial charge >= 0.3 is 6.01 Å². The van der Waals surface area contributed by atoms with Crippen LogP contribution in [0.2, 0.25) is 0 Å². The van der Waals surface area contributed by atoms with Crippen molar-refractivity contribution in [1.82, 2.24) is 24.5 Å². The van der Waals surface area contributed by atoms with E-state index in [-0.39, 0.29) is 11.9 Å². The molecule has 0 saturated carbocycles. The molecule has 2 aromatic heterocycles. The summed E-state index contributed by atoms with van der Waals surface area (Å²) in [6, 6.07) is 5.95. The van der Waals surface area contributed by atoms with E-state index in [1.54, 1.807) is 16.8 Å². The molecule has 136 valence electrons. The van der Waals surface area contributed by atoms with Crippen LogP contribution in [0.5, 0.6) is 11.8 Å². The molecule has 0 aliphatic carbocycles. The molecular formula is C19H23N5O2. The number of fused-ring (bicyclic) bond motifs is 1. The predicted octanol–water partition coefficient (Wildman–Crippen LogP) is 2.59. The van der Waals surface area contributed by atoms with Gasteiger partial charge in [0.05, 0.1) is 5.69 Å². The summed E-state index contributed by atoms with van der Waals surface area (Å²) in [6.45, 7) is 5.90. The van der Waals surface area contributed by atoms with Gasteiger partial charge in [-0.1, -0.05) is 6.07 Å². The van der Waals surface area contributed by atoms with Crippen molar-refractivity contribution >= 4 is 5.78 Å². The third-order valence-corrected chi connectivity index (χ3v) is 4.76. The number of likely N-dealkylation sites (N-methyl/N-ethyl adjacent to an activating group) is 1. The second-order valence-corrected chi connectivity index (χ2v) is 7.07. The Morgan fingerprint density at radius 1 is 1.23 bits per heavy atom. The highest BCUT2D eigenvalue weighted by atomic mass is 16.5. The van der Waals surface area contributed by atoms with Gasteiger partial charge in [-0.3, -0.25) is 0 Å². The molecule has 3 aromatic rings. The third-order valence-electron chi connectivity index (χ3n) is 4.76. The minimum atomic E-state index is 0.106. The lowest BCUT2D eigenvalue weighted by Crippen LogP contribution is -2.38. The number of aromatic nitrogens is 4. The fraction of sp³-hybridized carbons (Fsp3) is 0.421. The minimum absolute atomic E-state index is 0.106. The standard InChI is InChI=1S/C19H23N5O2/c1-12-9-13(2)17(16(25)10-12)15-6-8-24-18(20-15)21-19(22-24)26-14-5-4-7-23(3)11-14/h6,8-10,14,25H,4-5,7,11H2,1-3H3/t14-/m1/s1. The summed E-state index contributed by atoms with van der Waals surface area (Å²) >= 11 is 0. The number of benzene rings is 1. The topological polar surface area (TPSA) is 75.8 Å². The van der Waals surface area contributed by atoms with E-state index in [0.717, 1.165) is 42.6 Å². The van der Waals surface area contributed by atoms with Gasteiger partial charge in [-0.2, -0.15) is 4.98 Å². The lowest BCUT2D eigenvalue weighted by atomic mass is 10.0. The summed E-state index contributed by atoms with van der Waals surface area (Å²) in [5.74, 6) is 0.682. The molecule has 0 amide bonds. The number of aryl methyl sites for hydroxylation is 2. The van der Waals surface area contributed by atoms with Crippen LogP contribution in [0, 0.1) is 13.8 Å². The Balaban J connectivity index is 1.64. The van der Waals surface area contributed by atoms with Gasteiger partial charge in [0.15, 0.2) is 0 Å². The summed E-state index contributed by atoms with van der Waals surface area (Å²) in [7, 11) is 2.09. The Morgan fingerprint density at radius 2 is 2.08 bits per heavy atom. The Morgan fingerprint density at radius 3 is 2.85 bits per heavy atom. The first kappa shape index (κ1) is 16.8. The van der Waals surface area contributed by atoms with E-state index in [1.165, 1.54) is 0 Å². The van der Waals surface area contributed by atoms with Crippen LogP contribution < -0.4 is 4.74 Å². The van der Waals surface area contributed by atoms with E-state index >= 15 is 0 Å². The van der Waals surface area contributed by atoms with Gasteiger partial charge < -0.3 is 14.7 Å². The molecule has 1 N–H and O–H groups in total. The molecule has 3 heterocycles. The number of phenolic OH excluding ortho intramolecular Hbond substituents is 1. The minimum Gasteiger partial charge on any atom is -0.507 e. The molecule has 1 atom stereocenters. The SMILES string of the molecule is Cc1cc(C)c(-c2ccn3nc(O[C@@H]4CCCN(C)C4)nc3n2)c(O)c1. The van der Waals surface area contributed by atoms with Crippen LogP contribution in [-0.4, -0.2) is 55.8 Å². The summed E-state index contributed by atoms with van der Waals surface area (Å²) < 4.78 is 7.55. The van der Waals surface area contributed by atoms with Gasteiger partial charge in [-0.05, 0) is 63.5 Å². The molecule has 1 fully saturated rings. The highest BCUT2D eigenvalue weighted by Gasteiger charge is 2.21. The molecule has 1 saturated heterocycles. The van der Waals surface area contributed by atoms with Gasteiger partial charge in [0.1, 0.15) is 11.9 Å². The van der Waals surface area contributed by atoms with Crippen molar-refractivity contribution < 1.29 is 9.84 Å². The fourth-order valence-electron chi connectivity index (χ4n) is 3.59. The quantitative estimate of drug-likeness (QED) is 0.780. The zero-order chi connectivity index (χ0) is 18.3. The van der Waals surface area contributed by atoms with Gasteiger partial charge in [-0.25, -0.2) is 9.50 Å². The van der Waals surface area contributed by atoms with Crippen LogP contribution in [0.15, 0.2) is 24.4 Å². The monoisotopic (exact) mass is 353 g/mol. The maximum absolute atomic E-state index is 10.3. The average molecular weight is 353 g/mol. The predicted molar refractivity (Wildman–Crippen MR) is 98.5 cm³/mol. The van der Waals surface area contributed by atoms with Crippen LogP contribution in [0.3, 0.4) is 0 Å². The van der Waals surface area contributed by atoms with Crippen molar-refractivity contribution in [3.63, 3.8) is 0 Å². The second kappa shape index (κ2) is 6.57. The van der Waals surface area contributed by atoms with E-state index in [9.17, 15) is 5.11 Å². The second-order valence-electron chi connectivity index (χ2n) is 7.07. The van der Waals surface area contributed by atoms with E-state index < -0.39 is 0 Å². The first-order valence-electron chi connectivity index (χ1n) is 8.89. The molecular weight excluding hydrogens is 330 g/mol. The maximum Gasteiger partial charge on any atom is 0.338 e. The van der Waals surface area contributed by atoms with Crippen molar-refractivity contribution in [3.8, 4) is 23.0 Å². The number of aromatic hydroxyl groups is 1. The zero-order valence-corrected chi connectivity index (χ0v) is 15.3.